The number of fused-ring (bicyclic) bond motifs is 7. The molecule has 0 amide bonds. The van der Waals surface area contributed by atoms with E-state index in [9.17, 15) is 0 Å². The molecular weight excluding hydrogens is 701 g/mol. The number of anilines is 8. The Morgan fingerprint density at radius 1 is 0.517 bits per heavy atom. The van der Waals surface area contributed by atoms with Crippen molar-refractivity contribution >= 4 is 68.6 Å². The summed E-state index contributed by atoms with van der Waals surface area (Å²) >= 11 is 0. The van der Waals surface area contributed by atoms with Crippen molar-refractivity contribution in [1.29, 1.82) is 0 Å². The van der Waals surface area contributed by atoms with Gasteiger partial charge in [-0.25, -0.2) is 0 Å². The van der Waals surface area contributed by atoms with E-state index in [4.69, 9.17) is 0 Å². The van der Waals surface area contributed by atoms with Gasteiger partial charge in [-0.2, -0.15) is 0 Å². The molecule has 2 unspecified atom stereocenters. The average molecular weight is 752 g/mol. The van der Waals surface area contributed by atoms with Gasteiger partial charge in [-0.05, 0) is 152 Å². The van der Waals surface area contributed by atoms with Crippen molar-refractivity contribution in [1.82, 2.24) is 0 Å². The summed E-state index contributed by atoms with van der Waals surface area (Å²) in [4.78, 5) is 7.93. The van der Waals surface area contributed by atoms with Gasteiger partial charge in [0.15, 0.2) is 0 Å². The minimum atomic E-state index is -0.103. The zero-order chi connectivity index (χ0) is 39.5. The second kappa shape index (κ2) is 12.8. The molecule has 0 spiro atoms. The van der Waals surface area contributed by atoms with Gasteiger partial charge in [-0.1, -0.05) is 116 Å². The number of hydrogen-bond donors (Lipinski definition) is 0. The Balaban J connectivity index is 1.29. The van der Waals surface area contributed by atoms with E-state index in [0.29, 0.717) is 0 Å². The minimum absolute atomic E-state index is 0.0185. The van der Waals surface area contributed by atoms with Crippen molar-refractivity contribution < 1.29 is 0 Å². The second-order valence-electron chi connectivity index (χ2n) is 18.1. The molecule has 0 aromatic heterocycles. The quantitative estimate of drug-likeness (QED) is 0.162. The molecule has 58 heavy (non-hydrogen) atoms. The van der Waals surface area contributed by atoms with Crippen LogP contribution in [0, 0.1) is 27.7 Å². The number of benzene rings is 7. The summed E-state index contributed by atoms with van der Waals surface area (Å²) in [5.41, 5.74) is 23.3. The van der Waals surface area contributed by atoms with Crippen LogP contribution in [0.25, 0.3) is 11.1 Å². The normalized spacial score (nSPS) is 19.7. The fraction of sp³-hybridized carbons (Fsp3) is 0.222. The fourth-order valence-electron chi connectivity index (χ4n) is 11.3. The summed E-state index contributed by atoms with van der Waals surface area (Å²) in [6.45, 7) is 14.1. The Labute approximate surface area is 344 Å². The van der Waals surface area contributed by atoms with Crippen molar-refractivity contribution in [3.63, 3.8) is 0 Å². The lowest BCUT2D eigenvalue weighted by atomic mass is 9.33. The summed E-state index contributed by atoms with van der Waals surface area (Å²) in [6.07, 6.45) is 4.82. The van der Waals surface area contributed by atoms with Gasteiger partial charge in [0.2, 0.25) is 0 Å². The van der Waals surface area contributed by atoms with E-state index >= 15 is 0 Å². The van der Waals surface area contributed by atoms with Crippen LogP contribution in [0.15, 0.2) is 146 Å². The van der Waals surface area contributed by atoms with Crippen molar-refractivity contribution in [3.05, 3.63) is 173 Å². The Bertz CT molecular complexity index is 2740. The van der Waals surface area contributed by atoms with Crippen molar-refractivity contribution in [2.24, 2.45) is 0 Å². The summed E-state index contributed by atoms with van der Waals surface area (Å²) in [5, 5.41) is 0. The van der Waals surface area contributed by atoms with E-state index in [2.05, 4.69) is 202 Å². The van der Waals surface area contributed by atoms with Crippen LogP contribution in [0.3, 0.4) is 0 Å². The molecular formula is C54H50BN3. The zero-order valence-corrected chi connectivity index (χ0v) is 34.6. The van der Waals surface area contributed by atoms with Crippen LogP contribution >= 0.6 is 0 Å². The smallest absolute Gasteiger partial charge is 0.252 e. The third-order valence-corrected chi connectivity index (χ3v) is 14.3. The van der Waals surface area contributed by atoms with Gasteiger partial charge in [-0.15, -0.1) is 0 Å². The first-order valence-electron chi connectivity index (χ1n) is 21.3. The van der Waals surface area contributed by atoms with E-state index in [1.54, 1.807) is 0 Å². The SMILES string of the molecule is Cc1ccc(N2c3ccc(C)cc3B3c4cc(-c5ccccc5)cc5c4N(c4cc(N(c6cccc(C)c6)c6cccc(C)c6)cc2c43)C2(C)CCCCC52C)cc1. The van der Waals surface area contributed by atoms with Crippen LogP contribution in [0.1, 0.15) is 67.3 Å². The van der Waals surface area contributed by atoms with Crippen molar-refractivity contribution in [2.45, 2.75) is 78.2 Å². The fourth-order valence-corrected chi connectivity index (χ4v) is 11.3. The Morgan fingerprint density at radius 2 is 1.17 bits per heavy atom. The monoisotopic (exact) mass is 751 g/mol. The van der Waals surface area contributed by atoms with Crippen molar-refractivity contribution in [2.75, 3.05) is 14.7 Å². The largest absolute Gasteiger partial charge is 0.335 e. The van der Waals surface area contributed by atoms with Gasteiger partial charge in [0.25, 0.3) is 6.71 Å². The third-order valence-electron chi connectivity index (χ3n) is 14.3. The predicted molar refractivity (Wildman–Crippen MR) is 248 cm³/mol. The highest BCUT2D eigenvalue weighted by Gasteiger charge is 2.61. The van der Waals surface area contributed by atoms with Gasteiger partial charge in [0, 0.05) is 45.2 Å². The van der Waals surface area contributed by atoms with Crippen LogP contribution in [-0.4, -0.2) is 12.3 Å². The minimum Gasteiger partial charge on any atom is -0.335 e. The van der Waals surface area contributed by atoms with Crippen LogP contribution in [0.2, 0.25) is 0 Å². The van der Waals surface area contributed by atoms with Crippen molar-refractivity contribution in [3.8, 4) is 11.1 Å². The Hall–Kier alpha value is -6.00. The first-order valence-corrected chi connectivity index (χ1v) is 21.3. The lowest BCUT2D eigenvalue weighted by molar-refractivity contribution is 0.195. The first kappa shape index (κ1) is 35.2. The van der Waals surface area contributed by atoms with E-state index in [1.165, 1.54) is 120 Å². The molecule has 7 aromatic carbocycles. The molecule has 1 saturated carbocycles. The standard InChI is InChI=1S/C54H50BN3/c1-35-20-23-41(24-21-35)57-48-25-22-38(4)30-46(48)55-47-32-40(39-16-8-7-9-17-39)31-45-52(47)58(54(6)27-11-10-26-53(45,54)5)50-34-44(33-49(57)51(50)55)56(42-18-12-14-36(2)28-42)43-19-13-15-37(3)29-43/h7-9,12-25,28-34H,10-11,26-27H2,1-6H3. The van der Waals surface area contributed by atoms with Crippen LogP contribution in [0.4, 0.5) is 45.5 Å². The number of aryl methyl sites for hydroxylation is 4. The third kappa shape index (κ3) is 5.00. The second-order valence-corrected chi connectivity index (χ2v) is 18.1. The molecule has 284 valence electrons. The number of hydrogen-bond acceptors (Lipinski definition) is 3. The molecule has 4 aliphatic rings. The Morgan fingerprint density at radius 3 is 1.88 bits per heavy atom. The molecule has 0 saturated heterocycles. The molecule has 2 atom stereocenters. The van der Waals surface area contributed by atoms with Gasteiger partial charge in [0.05, 0.1) is 11.2 Å². The summed E-state index contributed by atoms with van der Waals surface area (Å²) in [6, 6.07) is 55.7. The molecule has 1 fully saturated rings. The van der Waals surface area contributed by atoms with E-state index in [-0.39, 0.29) is 17.7 Å². The molecule has 0 radical (unpaired) electrons. The van der Waals surface area contributed by atoms with Crippen LogP contribution < -0.4 is 31.1 Å². The molecule has 0 bridgehead atoms. The molecule has 3 aliphatic heterocycles. The topological polar surface area (TPSA) is 9.72 Å². The maximum absolute atomic E-state index is 2.86. The highest BCUT2D eigenvalue weighted by molar-refractivity contribution is 7.00. The van der Waals surface area contributed by atoms with Gasteiger partial charge >= 0.3 is 0 Å². The molecule has 1 aliphatic carbocycles. The molecule has 3 heterocycles. The summed E-state index contributed by atoms with van der Waals surface area (Å²) < 4.78 is 0. The van der Waals surface area contributed by atoms with E-state index in [0.717, 1.165) is 6.42 Å². The number of nitrogens with zero attached hydrogens (tertiary/aromatic N) is 3. The van der Waals surface area contributed by atoms with Gasteiger partial charge in [-0.3, -0.25) is 0 Å². The molecule has 0 N–H and O–H groups in total. The molecule has 7 aromatic rings. The molecule has 11 rings (SSSR count). The maximum Gasteiger partial charge on any atom is 0.252 e. The van der Waals surface area contributed by atoms with Crippen LogP contribution in [0.5, 0.6) is 0 Å². The molecule has 4 heteroatoms. The average Bonchev–Trinajstić information content (AvgIpc) is 3.43. The number of rotatable bonds is 5. The van der Waals surface area contributed by atoms with Crippen LogP contribution in [-0.2, 0) is 5.41 Å². The summed E-state index contributed by atoms with van der Waals surface area (Å²) in [7, 11) is 0. The predicted octanol–water partition coefficient (Wildman–Crippen LogP) is 12.4. The maximum atomic E-state index is 2.86. The van der Waals surface area contributed by atoms with E-state index < -0.39 is 0 Å². The zero-order valence-electron chi connectivity index (χ0n) is 34.6. The molecule has 3 nitrogen and oxygen atoms in total. The summed E-state index contributed by atoms with van der Waals surface area (Å²) in [5.74, 6) is 0. The Kier molecular flexibility index (Phi) is 7.74. The highest BCUT2D eigenvalue weighted by atomic mass is 15.3. The van der Waals surface area contributed by atoms with E-state index in [1.807, 2.05) is 0 Å². The van der Waals surface area contributed by atoms with Gasteiger partial charge in [0.1, 0.15) is 0 Å². The van der Waals surface area contributed by atoms with Gasteiger partial charge < -0.3 is 14.7 Å². The lowest BCUT2D eigenvalue weighted by Crippen LogP contribution is -2.64. The first-order chi connectivity index (χ1) is 28.1. The lowest BCUT2D eigenvalue weighted by Gasteiger charge is -2.53. The highest BCUT2D eigenvalue weighted by Crippen LogP contribution is 2.62.